The van der Waals surface area contributed by atoms with Gasteiger partial charge in [0.2, 0.25) is 17.7 Å². The number of alkyl carbamates (subject to hydrolysis) is 1. The molecule has 3 rings (SSSR count). The number of aliphatic hydroxyl groups excluding tert-OH is 1. The van der Waals surface area contributed by atoms with E-state index in [0.717, 1.165) is 47.6 Å². The number of carbonyl (C=O) groups is 4. The summed E-state index contributed by atoms with van der Waals surface area (Å²) in [7, 11) is 0. The van der Waals surface area contributed by atoms with Crippen LogP contribution < -0.4 is 21.3 Å². The zero-order chi connectivity index (χ0) is 40.7. The highest BCUT2D eigenvalue weighted by molar-refractivity contribution is 5.92. The molecular weight excluding hydrogens is 705 g/mol. The molecule has 5 N–H and O–H groups in total. The van der Waals surface area contributed by atoms with Crippen molar-refractivity contribution in [3.05, 3.63) is 83.9 Å². The molecule has 0 saturated carbocycles. The van der Waals surface area contributed by atoms with Crippen LogP contribution in [-0.4, -0.2) is 59.7 Å². The van der Waals surface area contributed by atoms with Gasteiger partial charge in [0.1, 0.15) is 18.7 Å². The van der Waals surface area contributed by atoms with Gasteiger partial charge >= 0.3 is 6.09 Å². The molecule has 3 aromatic carbocycles. The third-order valence-electron chi connectivity index (χ3n) is 10.4. The van der Waals surface area contributed by atoms with Gasteiger partial charge < -0.3 is 31.1 Å². The first-order chi connectivity index (χ1) is 27.0. The van der Waals surface area contributed by atoms with E-state index in [1.807, 2.05) is 86.6 Å². The second-order valence-corrected chi connectivity index (χ2v) is 15.8. The van der Waals surface area contributed by atoms with E-state index in [0.29, 0.717) is 31.7 Å². The number of nitrogens with one attached hydrogen (secondary N) is 4. The fourth-order valence-corrected chi connectivity index (χ4v) is 6.77. The fourth-order valence-electron chi connectivity index (χ4n) is 6.77. The van der Waals surface area contributed by atoms with Crippen molar-refractivity contribution in [2.75, 3.05) is 6.54 Å². The summed E-state index contributed by atoms with van der Waals surface area (Å²) in [6.07, 6.45) is 8.49. The quantitative estimate of drug-likeness (QED) is 0.0521. The van der Waals surface area contributed by atoms with Crippen LogP contribution in [0.25, 0.3) is 10.8 Å². The summed E-state index contributed by atoms with van der Waals surface area (Å²) in [6.45, 7) is 10.8. The molecule has 0 aliphatic heterocycles. The molecule has 0 fully saturated rings. The summed E-state index contributed by atoms with van der Waals surface area (Å²) in [5, 5.41) is 24.9. The monoisotopic (exact) mass is 773 g/mol. The summed E-state index contributed by atoms with van der Waals surface area (Å²) in [5.41, 5.74) is 1.67. The number of benzene rings is 3. The Morgan fingerprint density at radius 3 is 2.05 bits per heavy atom. The second-order valence-electron chi connectivity index (χ2n) is 15.8. The molecule has 4 amide bonds. The summed E-state index contributed by atoms with van der Waals surface area (Å²) in [5.74, 6) is -0.782. The number of carbonyl (C=O) groups excluding carboxylic acids is 4. The predicted octanol–water partition coefficient (Wildman–Crippen LogP) is 8.14. The van der Waals surface area contributed by atoms with Crippen molar-refractivity contribution in [3.8, 4) is 0 Å². The standard InChI is InChI=1S/C46H68N4O6/c1-6-8-9-10-11-12-13-17-27-39(44(53)49-40(28-33(3)4)42(51)30-43(52)47-31-34(5)7-2)48-45(54)41(50-46(55)56-32-35-21-15-14-16-22-35)29-37-25-20-24-36-23-18-19-26-38(36)37/h14-16,18-26,33-34,39-42,51H,6-13,17,27-32H2,1-5H3,(H,47,52)(H,48,54)(H,49,53)(H,50,55)/t34?,39-,40?,41-,42?/m0/s1. The molecule has 5 atom stereocenters. The number of aliphatic hydroxyl groups is 1. The number of rotatable bonds is 26. The molecule has 0 aromatic heterocycles. The largest absolute Gasteiger partial charge is 0.445 e. The first-order valence-corrected chi connectivity index (χ1v) is 21.0. The second kappa shape index (κ2) is 25.7. The molecule has 3 aromatic rings. The summed E-state index contributed by atoms with van der Waals surface area (Å²) >= 11 is 0. The maximum absolute atomic E-state index is 14.3. The Kier molecular flexibility index (Phi) is 21.1. The molecule has 3 unspecified atom stereocenters. The van der Waals surface area contributed by atoms with Crippen molar-refractivity contribution in [2.45, 2.75) is 149 Å². The molecule has 10 nitrogen and oxygen atoms in total. The molecule has 0 saturated heterocycles. The van der Waals surface area contributed by atoms with Crippen LogP contribution in [0, 0.1) is 11.8 Å². The molecule has 0 spiro atoms. The van der Waals surface area contributed by atoms with Crippen LogP contribution >= 0.6 is 0 Å². The first kappa shape index (κ1) is 45.9. The van der Waals surface area contributed by atoms with Crippen molar-refractivity contribution in [3.63, 3.8) is 0 Å². The lowest BCUT2D eigenvalue weighted by Gasteiger charge is -2.29. The molecule has 10 heteroatoms. The molecule has 0 aliphatic rings. The van der Waals surface area contributed by atoms with Gasteiger partial charge in [0.25, 0.3) is 0 Å². The number of fused-ring (bicyclic) bond motifs is 1. The van der Waals surface area contributed by atoms with E-state index >= 15 is 0 Å². The minimum Gasteiger partial charge on any atom is -0.445 e. The van der Waals surface area contributed by atoms with E-state index in [9.17, 15) is 24.3 Å². The van der Waals surface area contributed by atoms with Crippen LogP contribution in [-0.2, 0) is 32.1 Å². The van der Waals surface area contributed by atoms with Crippen LogP contribution in [0.4, 0.5) is 4.79 Å². The lowest BCUT2D eigenvalue weighted by atomic mass is 9.95. The Morgan fingerprint density at radius 1 is 0.714 bits per heavy atom. The number of unbranched alkanes of at least 4 members (excludes halogenated alkanes) is 7. The fraction of sp³-hybridized carbons (Fsp3) is 0.565. The van der Waals surface area contributed by atoms with Crippen molar-refractivity contribution in [1.29, 1.82) is 0 Å². The van der Waals surface area contributed by atoms with E-state index < -0.39 is 42.1 Å². The lowest BCUT2D eigenvalue weighted by molar-refractivity contribution is -0.131. The maximum atomic E-state index is 14.3. The van der Waals surface area contributed by atoms with Crippen LogP contribution in [0.1, 0.15) is 123 Å². The number of hydrogen-bond acceptors (Lipinski definition) is 6. The predicted molar refractivity (Wildman–Crippen MR) is 225 cm³/mol. The van der Waals surface area contributed by atoms with Crippen LogP contribution in [0.3, 0.4) is 0 Å². The minimum atomic E-state index is -1.11. The summed E-state index contributed by atoms with van der Waals surface area (Å²) < 4.78 is 5.53. The Labute approximate surface area is 335 Å². The van der Waals surface area contributed by atoms with E-state index in [1.165, 1.54) is 25.7 Å². The molecule has 0 bridgehead atoms. The van der Waals surface area contributed by atoms with E-state index in [4.69, 9.17) is 4.74 Å². The van der Waals surface area contributed by atoms with Gasteiger partial charge in [-0.25, -0.2) is 4.79 Å². The molecular formula is C46H68N4O6. The highest BCUT2D eigenvalue weighted by atomic mass is 16.5. The topological polar surface area (TPSA) is 146 Å². The third-order valence-corrected chi connectivity index (χ3v) is 10.4. The van der Waals surface area contributed by atoms with Gasteiger partial charge in [-0.15, -0.1) is 0 Å². The minimum absolute atomic E-state index is 0.0357. The molecule has 308 valence electrons. The zero-order valence-corrected chi connectivity index (χ0v) is 34.5. The average molecular weight is 773 g/mol. The number of ether oxygens (including phenoxy) is 1. The van der Waals surface area contributed by atoms with Crippen LogP contribution in [0.5, 0.6) is 0 Å². The summed E-state index contributed by atoms with van der Waals surface area (Å²) in [6, 6.07) is 20.3. The van der Waals surface area contributed by atoms with E-state index in [2.05, 4.69) is 42.0 Å². The van der Waals surface area contributed by atoms with Gasteiger partial charge in [0.05, 0.1) is 18.6 Å². The SMILES string of the molecule is CCCCCCCCCC[C@H](NC(=O)[C@H](Cc1cccc2ccccc12)NC(=O)OCc1ccccc1)C(=O)NC(CC(C)C)C(O)CC(=O)NCC(C)CC. The van der Waals surface area contributed by atoms with Gasteiger partial charge in [0.15, 0.2) is 0 Å². The molecule has 0 heterocycles. The normalized spacial score (nSPS) is 14.0. The smallest absolute Gasteiger partial charge is 0.408 e. The van der Waals surface area contributed by atoms with Crippen LogP contribution in [0.2, 0.25) is 0 Å². The molecule has 56 heavy (non-hydrogen) atoms. The number of hydrogen-bond donors (Lipinski definition) is 5. The van der Waals surface area contributed by atoms with Gasteiger partial charge in [-0.3, -0.25) is 14.4 Å². The van der Waals surface area contributed by atoms with E-state index in [-0.39, 0.29) is 31.3 Å². The van der Waals surface area contributed by atoms with Gasteiger partial charge in [-0.1, -0.05) is 165 Å². The van der Waals surface area contributed by atoms with Gasteiger partial charge in [0, 0.05) is 13.0 Å². The Morgan fingerprint density at radius 2 is 1.36 bits per heavy atom. The van der Waals surface area contributed by atoms with Crippen molar-refractivity contribution in [2.24, 2.45) is 11.8 Å². The Bertz CT molecular complexity index is 1610. The number of amides is 4. The highest BCUT2D eigenvalue weighted by Gasteiger charge is 2.31. The van der Waals surface area contributed by atoms with Crippen molar-refractivity contribution in [1.82, 2.24) is 21.3 Å². The maximum Gasteiger partial charge on any atom is 0.408 e. The third kappa shape index (κ3) is 17.1. The van der Waals surface area contributed by atoms with Gasteiger partial charge in [-0.2, -0.15) is 0 Å². The Balaban J connectivity index is 1.82. The van der Waals surface area contributed by atoms with Gasteiger partial charge in [-0.05, 0) is 46.6 Å². The van der Waals surface area contributed by atoms with Crippen LogP contribution in [0.15, 0.2) is 72.8 Å². The lowest BCUT2D eigenvalue weighted by Crippen LogP contribution is -2.57. The molecule has 0 aliphatic carbocycles. The molecule has 0 radical (unpaired) electrons. The summed E-state index contributed by atoms with van der Waals surface area (Å²) in [4.78, 5) is 54.4. The Hall–Kier alpha value is -4.44. The first-order valence-electron chi connectivity index (χ1n) is 21.0. The zero-order valence-electron chi connectivity index (χ0n) is 34.5. The van der Waals surface area contributed by atoms with Crippen molar-refractivity contribution >= 4 is 34.6 Å². The highest BCUT2D eigenvalue weighted by Crippen LogP contribution is 2.21. The average Bonchev–Trinajstić information content (AvgIpc) is 3.19. The van der Waals surface area contributed by atoms with Crippen molar-refractivity contribution < 1.29 is 29.0 Å². The van der Waals surface area contributed by atoms with E-state index in [1.54, 1.807) is 0 Å².